The molecular weight excluding hydrogens is 533 g/mol. The van der Waals surface area contributed by atoms with Gasteiger partial charge in [0.2, 0.25) is 0 Å². The lowest BCUT2D eigenvalue weighted by Gasteiger charge is -1.89. The monoisotopic (exact) mass is 550 g/mol. The molecule has 0 fully saturated rings. The number of hydrogen-bond donors (Lipinski definition) is 0. The third kappa shape index (κ3) is 4.79. The third-order valence-electron chi connectivity index (χ3n) is 5.00. The van der Waals surface area contributed by atoms with Gasteiger partial charge in [-0.05, 0) is 86.7 Å². The van der Waals surface area contributed by atoms with Crippen LogP contribution in [0, 0.1) is 13.8 Å². The number of aryl methyl sites for hydroxylation is 2. The first kappa shape index (κ1) is 22.3. The van der Waals surface area contributed by atoms with Gasteiger partial charge in [0.15, 0.2) is 9.66 Å². The molecule has 0 amide bonds. The molecule has 0 saturated heterocycles. The zero-order valence-electron chi connectivity index (χ0n) is 18.3. The number of rotatable bonds is 6. The minimum Gasteiger partial charge on any atom is -0.222 e. The van der Waals surface area contributed by atoms with Gasteiger partial charge in [-0.15, -0.1) is 45.3 Å². The van der Waals surface area contributed by atoms with Crippen LogP contribution in [0.1, 0.15) is 29.3 Å². The highest BCUT2D eigenvalue weighted by molar-refractivity contribution is 7.32. The Kier molecular flexibility index (Phi) is 6.19. The maximum atomic E-state index is 4.90. The summed E-state index contributed by atoms with van der Waals surface area (Å²) in [5.74, 6) is 0. The van der Waals surface area contributed by atoms with Crippen LogP contribution in [0.5, 0.6) is 0 Å². The summed E-state index contributed by atoms with van der Waals surface area (Å²) >= 11 is 10.6. The van der Waals surface area contributed by atoms with Gasteiger partial charge in [-0.3, -0.25) is 0 Å². The van der Waals surface area contributed by atoms with Gasteiger partial charge >= 0.3 is 0 Å². The Morgan fingerprint density at radius 2 is 0.853 bits per heavy atom. The zero-order valence-corrected chi connectivity index (χ0v) is 23.2. The van der Waals surface area contributed by atoms with Gasteiger partial charge in [-0.2, -0.15) is 0 Å². The van der Waals surface area contributed by atoms with Gasteiger partial charge in [-0.25, -0.2) is 9.97 Å². The average molecular weight is 551 g/mol. The van der Waals surface area contributed by atoms with Gasteiger partial charge in [-0.1, -0.05) is 22.7 Å². The molecule has 168 valence electrons. The van der Waals surface area contributed by atoms with Crippen LogP contribution in [-0.4, -0.2) is 9.97 Å². The molecule has 0 radical (unpaired) electrons. The number of nitrogens with zero attached hydrogens (tertiary/aromatic N) is 2. The van der Waals surface area contributed by atoms with E-state index in [1.807, 2.05) is 22.7 Å². The SMILES string of the molecule is Cc1ccc(/C=C/c2ccc(-c3nc4sc(-c5ccc(/C=C/c6ccc(C)s6)s5)nc4s3)s2)s1. The quantitative estimate of drug-likeness (QED) is 0.206. The summed E-state index contributed by atoms with van der Waals surface area (Å²) in [7, 11) is 0. The molecule has 0 aliphatic carbocycles. The Bertz CT molecular complexity index is 1500. The van der Waals surface area contributed by atoms with Gasteiger partial charge in [0.05, 0.1) is 9.75 Å². The maximum Gasteiger partial charge on any atom is 0.155 e. The van der Waals surface area contributed by atoms with Crippen LogP contribution < -0.4 is 0 Å². The molecule has 2 nitrogen and oxygen atoms in total. The molecule has 8 heteroatoms. The lowest BCUT2D eigenvalue weighted by atomic mass is 10.3. The van der Waals surface area contributed by atoms with Crippen LogP contribution in [0.2, 0.25) is 0 Å². The molecule has 0 spiro atoms. The molecule has 0 unspecified atom stereocenters. The van der Waals surface area contributed by atoms with Gasteiger partial charge in [0, 0.05) is 29.3 Å². The molecule has 0 aliphatic rings. The number of thiophene rings is 4. The Balaban J connectivity index is 1.18. The van der Waals surface area contributed by atoms with Crippen LogP contribution in [0.3, 0.4) is 0 Å². The van der Waals surface area contributed by atoms with E-state index >= 15 is 0 Å². The Hall–Kier alpha value is -2.20. The van der Waals surface area contributed by atoms with Crippen LogP contribution in [-0.2, 0) is 0 Å². The topological polar surface area (TPSA) is 25.8 Å². The van der Waals surface area contributed by atoms with Crippen LogP contribution in [0.4, 0.5) is 0 Å². The molecule has 6 aromatic heterocycles. The molecule has 0 N–H and O–H groups in total. The summed E-state index contributed by atoms with van der Waals surface area (Å²) in [5.41, 5.74) is 0. The smallest absolute Gasteiger partial charge is 0.155 e. The van der Waals surface area contributed by atoms with Crippen LogP contribution >= 0.6 is 68.0 Å². The fourth-order valence-corrected chi connectivity index (χ4v) is 8.91. The second-order valence-electron chi connectivity index (χ2n) is 7.62. The average Bonchev–Trinajstić information content (AvgIpc) is 3.62. The highest BCUT2D eigenvalue weighted by Gasteiger charge is 2.15. The van der Waals surface area contributed by atoms with E-state index in [-0.39, 0.29) is 0 Å². The molecule has 34 heavy (non-hydrogen) atoms. The minimum absolute atomic E-state index is 1.02. The lowest BCUT2D eigenvalue weighted by molar-refractivity contribution is 1.51. The molecular formula is C26H18N2S6. The molecule has 6 aromatic rings. The Labute approximate surface area is 221 Å². The predicted molar refractivity (Wildman–Crippen MR) is 158 cm³/mol. The zero-order chi connectivity index (χ0) is 23.1. The van der Waals surface area contributed by atoms with E-state index in [4.69, 9.17) is 9.97 Å². The highest BCUT2D eigenvalue weighted by atomic mass is 32.1. The molecule has 0 bridgehead atoms. The molecule has 6 heterocycles. The van der Waals surface area contributed by atoms with E-state index in [1.54, 1.807) is 45.3 Å². The maximum absolute atomic E-state index is 4.90. The van der Waals surface area contributed by atoms with Crippen molar-refractivity contribution in [2.75, 3.05) is 0 Å². The van der Waals surface area contributed by atoms with E-state index in [1.165, 1.54) is 39.0 Å². The summed E-state index contributed by atoms with van der Waals surface area (Å²) in [5, 5.41) is 2.11. The van der Waals surface area contributed by atoms with Crippen molar-refractivity contribution in [3.05, 3.63) is 77.8 Å². The normalized spacial score (nSPS) is 12.2. The third-order valence-corrected chi connectivity index (χ3v) is 11.4. The van der Waals surface area contributed by atoms with Crippen molar-refractivity contribution in [2.45, 2.75) is 13.8 Å². The molecule has 0 atom stereocenters. The van der Waals surface area contributed by atoms with Crippen molar-refractivity contribution in [3.8, 4) is 19.8 Å². The summed E-state index contributed by atoms with van der Waals surface area (Å²) in [6.07, 6.45) is 8.75. The Morgan fingerprint density at radius 1 is 0.471 bits per heavy atom. The second-order valence-corrected chi connectivity index (χ2v) is 14.4. The van der Waals surface area contributed by atoms with E-state index in [9.17, 15) is 0 Å². The largest absolute Gasteiger partial charge is 0.222 e. The van der Waals surface area contributed by atoms with Gasteiger partial charge < -0.3 is 0 Å². The number of fused-ring (bicyclic) bond motifs is 1. The summed E-state index contributed by atoms with van der Waals surface area (Å²) in [6, 6.07) is 17.3. The number of hydrogen-bond acceptors (Lipinski definition) is 8. The molecule has 0 aliphatic heterocycles. The summed E-state index contributed by atoms with van der Waals surface area (Å²) in [6.45, 7) is 4.28. The predicted octanol–water partition coefficient (Wildman–Crippen LogP) is 10.3. The first-order valence-corrected chi connectivity index (χ1v) is 15.5. The first-order valence-electron chi connectivity index (χ1n) is 10.6. The van der Waals surface area contributed by atoms with Crippen molar-refractivity contribution in [1.29, 1.82) is 0 Å². The number of aromatic nitrogens is 2. The van der Waals surface area contributed by atoms with Crippen molar-refractivity contribution < 1.29 is 0 Å². The first-order chi connectivity index (χ1) is 16.6. The summed E-state index contributed by atoms with van der Waals surface area (Å²) in [4.78, 5) is 22.0. The van der Waals surface area contributed by atoms with Crippen molar-refractivity contribution >= 4 is 102 Å². The van der Waals surface area contributed by atoms with E-state index in [0.717, 1.165) is 19.7 Å². The standard InChI is InChI=1S/C26H18N2S6/c1-15-3-5-17(29-15)7-9-19-11-13-21(31-19)23-27-25-26(33-23)28-24(34-25)22-14-12-20(32-22)10-8-18-6-4-16(2)30-18/h3-14H,1-2H3/b9-7+,10-8+. The fourth-order valence-electron chi connectivity index (χ4n) is 3.38. The fraction of sp³-hybridized carbons (Fsp3) is 0.0769. The van der Waals surface area contributed by atoms with E-state index < -0.39 is 0 Å². The molecule has 0 saturated carbocycles. The highest BCUT2D eigenvalue weighted by Crippen LogP contribution is 2.40. The molecule has 0 aromatic carbocycles. The van der Waals surface area contributed by atoms with Crippen molar-refractivity contribution in [3.63, 3.8) is 0 Å². The van der Waals surface area contributed by atoms with Crippen LogP contribution in [0.25, 0.3) is 53.7 Å². The Morgan fingerprint density at radius 3 is 1.24 bits per heavy atom. The molecule has 6 rings (SSSR count). The van der Waals surface area contributed by atoms with Crippen molar-refractivity contribution in [2.24, 2.45) is 0 Å². The second kappa shape index (κ2) is 9.45. The van der Waals surface area contributed by atoms with Crippen LogP contribution in [0.15, 0.2) is 48.5 Å². The van der Waals surface area contributed by atoms with Crippen molar-refractivity contribution in [1.82, 2.24) is 9.97 Å². The lowest BCUT2D eigenvalue weighted by Crippen LogP contribution is -1.67. The minimum atomic E-state index is 1.02. The summed E-state index contributed by atoms with van der Waals surface area (Å²) < 4.78 is 0. The van der Waals surface area contributed by atoms with E-state index in [2.05, 4.69) is 86.7 Å². The van der Waals surface area contributed by atoms with Gasteiger partial charge in [0.25, 0.3) is 0 Å². The van der Waals surface area contributed by atoms with E-state index in [0.29, 0.717) is 0 Å². The van der Waals surface area contributed by atoms with Gasteiger partial charge in [0.1, 0.15) is 10.0 Å². The number of thiazole rings is 2.